The molecule has 0 aliphatic carbocycles. The minimum atomic E-state index is -0.635. The Bertz CT molecular complexity index is 1020. The number of hydrogen-bond donors (Lipinski definition) is 2. The van der Waals surface area contributed by atoms with Gasteiger partial charge in [0.2, 0.25) is 5.91 Å². The van der Waals surface area contributed by atoms with Crippen LogP contribution in [0.2, 0.25) is 0 Å². The molecule has 27 heavy (non-hydrogen) atoms. The average molecular weight is 382 g/mol. The number of hydrogen-bond acceptors (Lipinski definition) is 6. The van der Waals surface area contributed by atoms with Crippen LogP contribution in [-0.4, -0.2) is 27.5 Å². The van der Waals surface area contributed by atoms with Crippen molar-refractivity contribution in [2.75, 3.05) is 5.75 Å². The molecule has 2 aromatic carbocycles. The Hall–Kier alpha value is -3.46. The molecular weight excluding hydrogens is 368 g/mol. The first-order valence-corrected chi connectivity index (χ1v) is 8.83. The van der Waals surface area contributed by atoms with Crippen LogP contribution in [0.1, 0.15) is 10.4 Å². The van der Waals surface area contributed by atoms with Crippen LogP contribution in [0.15, 0.2) is 65.7 Å². The van der Waals surface area contributed by atoms with E-state index in [1.54, 1.807) is 6.20 Å². The van der Waals surface area contributed by atoms with E-state index in [1.165, 1.54) is 30.0 Å². The number of aromatic nitrogens is 1. The number of rotatable bonds is 5. The maximum absolute atomic E-state index is 12.0. The largest absolute Gasteiger partial charge is 0.272 e. The van der Waals surface area contributed by atoms with Crippen LogP contribution in [0.4, 0.5) is 5.69 Å². The molecular formula is C18H14N4O4S. The smallest absolute Gasteiger partial charge is 0.270 e. The minimum absolute atomic E-state index is 0.0743. The maximum Gasteiger partial charge on any atom is 0.270 e. The van der Waals surface area contributed by atoms with Gasteiger partial charge in [0.15, 0.2) is 0 Å². The van der Waals surface area contributed by atoms with Gasteiger partial charge in [-0.3, -0.25) is 35.5 Å². The van der Waals surface area contributed by atoms with Gasteiger partial charge in [-0.2, -0.15) is 0 Å². The molecule has 3 rings (SSSR count). The molecule has 0 spiro atoms. The van der Waals surface area contributed by atoms with Crippen molar-refractivity contribution in [3.63, 3.8) is 0 Å². The third-order valence-electron chi connectivity index (χ3n) is 3.59. The molecule has 9 heteroatoms. The molecule has 1 aromatic heterocycles. The number of nitrogens with zero attached hydrogens (tertiary/aromatic N) is 2. The fourth-order valence-electron chi connectivity index (χ4n) is 2.33. The second-order valence-electron chi connectivity index (χ2n) is 5.43. The molecule has 0 atom stereocenters. The standard InChI is InChI=1S/C18H14N4O4S/c23-16(11-27-15-8-2-4-12-6-3-9-19-17(12)15)20-21-18(24)13-5-1-7-14(10-13)22(25)26/h1-10H,11H2,(H,20,23)(H,21,24). The van der Waals surface area contributed by atoms with Gasteiger partial charge in [-0.1, -0.05) is 24.3 Å². The number of fused-ring (bicyclic) bond motifs is 1. The molecule has 0 fully saturated rings. The lowest BCUT2D eigenvalue weighted by Crippen LogP contribution is -2.42. The number of non-ortho nitro benzene ring substituents is 1. The predicted molar refractivity (Wildman–Crippen MR) is 101 cm³/mol. The third kappa shape index (κ3) is 4.59. The molecule has 0 radical (unpaired) electrons. The zero-order valence-corrected chi connectivity index (χ0v) is 14.7. The number of nitrogens with one attached hydrogen (secondary N) is 2. The van der Waals surface area contributed by atoms with E-state index in [4.69, 9.17) is 0 Å². The first-order valence-electron chi connectivity index (χ1n) is 7.85. The van der Waals surface area contributed by atoms with Gasteiger partial charge in [-0.05, 0) is 18.2 Å². The third-order valence-corrected chi connectivity index (χ3v) is 4.64. The number of amides is 2. The quantitative estimate of drug-likeness (QED) is 0.398. The molecule has 8 nitrogen and oxygen atoms in total. The number of nitro benzene ring substituents is 1. The summed E-state index contributed by atoms with van der Waals surface area (Å²) in [4.78, 5) is 39.3. The summed E-state index contributed by atoms with van der Waals surface area (Å²) >= 11 is 1.30. The highest BCUT2D eigenvalue weighted by Gasteiger charge is 2.12. The molecule has 0 aliphatic rings. The molecule has 0 saturated heterocycles. The fourth-order valence-corrected chi connectivity index (χ4v) is 3.17. The summed E-state index contributed by atoms with van der Waals surface area (Å²) in [7, 11) is 0. The predicted octanol–water partition coefficient (Wildman–Crippen LogP) is 2.70. The van der Waals surface area contributed by atoms with Gasteiger partial charge in [0.1, 0.15) is 0 Å². The van der Waals surface area contributed by atoms with Gasteiger partial charge in [-0.15, -0.1) is 11.8 Å². The van der Waals surface area contributed by atoms with Crippen LogP contribution in [0, 0.1) is 10.1 Å². The van der Waals surface area contributed by atoms with Gasteiger partial charge in [-0.25, -0.2) is 0 Å². The summed E-state index contributed by atoms with van der Waals surface area (Å²) in [6, 6.07) is 14.7. The number of thioether (sulfide) groups is 1. The van der Waals surface area contributed by atoms with Crippen molar-refractivity contribution >= 4 is 40.2 Å². The van der Waals surface area contributed by atoms with E-state index in [0.29, 0.717) is 0 Å². The summed E-state index contributed by atoms with van der Waals surface area (Å²) in [5.41, 5.74) is 5.23. The normalized spacial score (nSPS) is 10.4. The highest BCUT2D eigenvalue weighted by molar-refractivity contribution is 8.00. The lowest BCUT2D eigenvalue weighted by atomic mass is 10.2. The Labute approximate surface area is 158 Å². The number of nitro groups is 1. The van der Waals surface area contributed by atoms with E-state index in [-0.39, 0.29) is 17.0 Å². The minimum Gasteiger partial charge on any atom is -0.272 e. The zero-order valence-electron chi connectivity index (χ0n) is 13.9. The molecule has 2 N–H and O–H groups in total. The molecule has 0 aliphatic heterocycles. The Morgan fingerprint density at radius 2 is 1.85 bits per heavy atom. The Kier molecular flexibility index (Phi) is 5.62. The van der Waals surface area contributed by atoms with Crippen molar-refractivity contribution in [2.45, 2.75) is 4.90 Å². The summed E-state index contributed by atoms with van der Waals surface area (Å²) in [6.45, 7) is 0. The summed E-state index contributed by atoms with van der Waals surface area (Å²) < 4.78 is 0. The molecule has 2 amide bonds. The van der Waals surface area contributed by atoms with Crippen molar-refractivity contribution in [1.29, 1.82) is 0 Å². The van der Waals surface area contributed by atoms with Gasteiger partial charge in [0.25, 0.3) is 11.6 Å². The zero-order chi connectivity index (χ0) is 19.2. The van der Waals surface area contributed by atoms with Crippen LogP contribution < -0.4 is 10.9 Å². The maximum atomic E-state index is 12.0. The molecule has 0 bridgehead atoms. The van der Waals surface area contributed by atoms with Crippen LogP contribution in [0.3, 0.4) is 0 Å². The van der Waals surface area contributed by atoms with Crippen molar-refractivity contribution in [1.82, 2.24) is 15.8 Å². The van der Waals surface area contributed by atoms with Crippen molar-refractivity contribution in [3.05, 3.63) is 76.5 Å². The molecule has 1 heterocycles. The number of para-hydroxylation sites is 1. The van der Waals surface area contributed by atoms with Gasteiger partial charge >= 0.3 is 0 Å². The van der Waals surface area contributed by atoms with Crippen LogP contribution in [0.25, 0.3) is 10.9 Å². The Balaban J connectivity index is 1.56. The van der Waals surface area contributed by atoms with Gasteiger partial charge in [0.05, 0.1) is 16.2 Å². The first-order chi connectivity index (χ1) is 13.0. The van der Waals surface area contributed by atoms with Gasteiger partial charge in [0, 0.05) is 34.2 Å². The van der Waals surface area contributed by atoms with Gasteiger partial charge < -0.3 is 0 Å². The Morgan fingerprint density at radius 1 is 1.07 bits per heavy atom. The highest BCUT2D eigenvalue weighted by Crippen LogP contribution is 2.25. The van der Waals surface area contributed by atoms with Crippen LogP contribution in [0.5, 0.6) is 0 Å². The highest BCUT2D eigenvalue weighted by atomic mass is 32.2. The summed E-state index contributed by atoms with van der Waals surface area (Å²) in [5, 5.41) is 11.7. The van der Waals surface area contributed by atoms with E-state index in [1.807, 2.05) is 30.3 Å². The SMILES string of the molecule is O=C(CSc1cccc2cccnc12)NNC(=O)c1cccc([N+](=O)[O-])c1. The van der Waals surface area contributed by atoms with E-state index < -0.39 is 16.7 Å². The molecule has 136 valence electrons. The number of pyridine rings is 1. The topological polar surface area (TPSA) is 114 Å². The second-order valence-corrected chi connectivity index (χ2v) is 6.45. The van der Waals surface area contributed by atoms with Crippen LogP contribution in [-0.2, 0) is 4.79 Å². The monoisotopic (exact) mass is 382 g/mol. The molecule has 0 saturated carbocycles. The lowest BCUT2D eigenvalue weighted by molar-refractivity contribution is -0.384. The summed E-state index contributed by atoms with van der Waals surface area (Å²) in [5.74, 6) is -0.971. The fraction of sp³-hybridized carbons (Fsp3) is 0.0556. The number of carbonyl (C=O) groups excluding carboxylic acids is 2. The summed E-state index contributed by atoms with van der Waals surface area (Å²) in [6.07, 6.45) is 1.69. The molecule has 3 aromatic rings. The van der Waals surface area contributed by atoms with Crippen molar-refractivity contribution in [3.8, 4) is 0 Å². The second kappa shape index (κ2) is 8.28. The van der Waals surface area contributed by atoms with E-state index >= 15 is 0 Å². The van der Waals surface area contributed by atoms with E-state index in [0.717, 1.165) is 21.9 Å². The Morgan fingerprint density at radius 3 is 2.67 bits per heavy atom. The number of hydrazine groups is 1. The first kappa shape index (κ1) is 18.3. The van der Waals surface area contributed by atoms with Crippen molar-refractivity contribution in [2.24, 2.45) is 0 Å². The van der Waals surface area contributed by atoms with Crippen LogP contribution >= 0.6 is 11.8 Å². The van der Waals surface area contributed by atoms with E-state index in [2.05, 4.69) is 15.8 Å². The average Bonchev–Trinajstić information content (AvgIpc) is 2.70. The van der Waals surface area contributed by atoms with E-state index in [9.17, 15) is 19.7 Å². The van der Waals surface area contributed by atoms with Crippen molar-refractivity contribution < 1.29 is 14.5 Å². The lowest BCUT2D eigenvalue weighted by Gasteiger charge is -2.08. The number of carbonyl (C=O) groups is 2. The number of benzene rings is 2. The molecule has 0 unspecified atom stereocenters.